The fourth-order valence-electron chi connectivity index (χ4n) is 2.09. The quantitative estimate of drug-likeness (QED) is 0.895. The van der Waals surface area contributed by atoms with Gasteiger partial charge >= 0.3 is 0 Å². The van der Waals surface area contributed by atoms with Gasteiger partial charge in [-0.05, 0) is 41.8 Å². The fraction of sp³-hybridized carbons (Fsp3) is 0.267. The number of aryl methyl sites for hydroxylation is 1. The molecule has 0 spiro atoms. The molecule has 0 aliphatic heterocycles. The van der Waals surface area contributed by atoms with Crippen LogP contribution in [0.2, 0.25) is 0 Å². The van der Waals surface area contributed by atoms with Crippen molar-refractivity contribution in [2.45, 2.75) is 20.1 Å². The molecule has 0 fully saturated rings. The summed E-state index contributed by atoms with van der Waals surface area (Å²) in [4.78, 5) is 6.22. The summed E-state index contributed by atoms with van der Waals surface area (Å²) in [5, 5.41) is 9.11. The van der Waals surface area contributed by atoms with Crippen LogP contribution in [0.25, 0.3) is 0 Å². The van der Waals surface area contributed by atoms with E-state index in [0.29, 0.717) is 0 Å². The van der Waals surface area contributed by atoms with Gasteiger partial charge in [0.1, 0.15) is 0 Å². The van der Waals surface area contributed by atoms with Gasteiger partial charge in [-0.2, -0.15) is 0 Å². The molecule has 3 heteroatoms. The minimum atomic E-state index is 0.0924. The van der Waals surface area contributed by atoms with Gasteiger partial charge in [0.05, 0.1) is 6.61 Å². The van der Waals surface area contributed by atoms with Crippen LogP contribution in [0.5, 0.6) is 0 Å². The topological polar surface area (TPSA) is 36.4 Å². The zero-order valence-electron chi connectivity index (χ0n) is 10.8. The Kier molecular flexibility index (Phi) is 3.95. The van der Waals surface area contributed by atoms with Crippen LogP contribution in [-0.2, 0) is 13.2 Å². The van der Waals surface area contributed by atoms with Crippen LogP contribution in [-0.4, -0.2) is 17.1 Å². The second kappa shape index (κ2) is 5.65. The molecule has 0 unspecified atom stereocenters. The number of rotatable bonds is 4. The Labute approximate surface area is 108 Å². The van der Waals surface area contributed by atoms with Gasteiger partial charge < -0.3 is 10.0 Å². The highest BCUT2D eigenvalue weighted by molar-refractivity contribution is 5.54. The summed E-state index contributed by atoms with van der Waals surface area (Å²) < 4.78 is 0. The van der Waals surface area contributed by atoms with Crippen molar-refractivity contribution < 1.29 is 5.11 Å². The predicted octanol–water partition coefficient (Wildman–Crippen LogP) is 2.52. The number of nitrogens with zero attached hydrogens (tertiary/aromatic N) is 2. The molecule has 1 aromatic heterocycles. The van der Waals surface area contributed by atoms with Gasteiger partial charge in [-0.25, -0.2) is 0 Å². The second-order valence-electron chi connectivity index (χ2n) is 4.49. The summed E-state index contributed by atoms with van der Waals surface area (Å²) in [6.45, 7) is 3.01. The third-order valence-corrected chi connectivity index (χ3v) is 3.02. The Hall–Kier alpha value is -1.87. The zero-order chi connectivity index (χ0) is 13.0. The van der Waals surface area contributed by atoms with Crippen molar-refractivity contribution in [3.05, 3.63) is 59.4 Å². The van der Waals surface area contributed by atoms with Crippen molar-refractivity contribution in [1.82, 2.24) is 4.98 Å². The van der Waals surface area contributed by atoms with Crippen molar-refractivity contribution in [3.63, 3.8) is 0 Å². The molecule has 0 aliphatic rings. The summed E-state index contributed by atoms with van der Waals surface area (Å²) >= 11 is 0. The number of aliphatic hydroxyl groups excluding tert-OH is 1. The van der Waals surface area contributed by atoms with Crippen LogP contribution in [0.15, 0.2) is 42.7 Å². The lowest BCUT2D eigenvalue weighted by molar-refractivity contribution is 0.282. The second-order valence-corrected chi connectivity index (χ2v) is 4.49. The van der Waals surface area contributed by atoms with E-state index in [0.717, 1.165) is 12.1 Å². The van der Waals surface area contributed by atoms with Crippen molar-refractivity contribution in [1.29, 1.82) is 0 Å². The van der Waals surface area contributed by atoms with Crippen LogP contribution < -0.4 is 4.90 Å². The van der Waals surface area contributed by atoms with E-state index in [1.165, 1.54) is 16.8 Å². The van der Waals surface area contributed by atoms with Crippen molar-refractivity contribution in [2.75, 3.05) is 11.9 Å². The molecule has 1 aromatic carbocycles. The monoisotopic (exact) mass is 242 g/mol. The van der Waals surface area contributed by atoms with Gasteiger partial charge in [0.25, 0.3) is 0 Å². The highest BCUT2D eigenvalue weighted by atomic mass is 16.3. The van der Waals surface area contributed by atoms with E-state index in [4.69, 9.17) is 5.11 Å². The summed E-state index contributed by atoms with van der Waals surface area (Å²) in [5.74, 6) is 0. The van der Waals surface area contributed by atoms with Crippen molar-refractivity contribution >= 4 is 5.69 Å². The minimum Gasteiger partial charge on any atom is -0.392 e. The maximum absolute atomic E-state index is 9.11. The molecule has 3 nitrogen and oxygen atoms in total. The Morgan fingerprint density at radius 3 is 2.44 bits per heavy atom. The predicted molar refractivity (Wildman–Crippen MR) is 73.4 cm³/mol. The van der Waals surface area contributed by atoms with Crippen LogP contribution >= 0.6 is 0 Å². The van der Waals surface area contributed by atoms with Gasteiger partial charge in [0, 0.05) is 31.7 Å². The standard InChI is InChI=1S/C15H18N2O/c1-12-9-14(11-18)3-4-15(12)17(2)10-13-5-7-16-8-6-13/h3-9,18H,10-11H2,1-2H3. The van der Waals surface area contributed by atoms with Crippen LogP contribution in [0.3, 0.4) is 0 Å². The third kappa shape index (κ3) is 2.87. The van der Waals surface area contributed by atoms with E-state index in [1.807, 2.05) is 36.7 Å². The molecule has 94 valence electrons. The lowest BCUT2D eigenvalue weighted by atomic mass is 10.1. The number of aromatic nitrogens is 1. The molecule has 0 bridgehead atoms. The molecule has 1 N–H and O–H groups in total. The molecular formula is C15H18N2O. The first-order chi connectivity index (χ1) is 8.70. The minimum absolute atomic E-state index is 0.0924. The number of hydrogen-bond acceptors (Lipinski definition) is 3. The summed E-state index contributed by atoms with van der Waals surface area (Å²) in [6, 6.07) is 10.1. The average Bonchev–Trinajstić information content (AvgIpc) is 2.39. The van der Waals surface area contributed by atoms with E-state index < -0.39 is 0 Å². The molecule has 0 amide bonds. The van der Waals surface area contributed by atoms with E-state index in [-0.39, 0.29) is 6.61 Å². The smallest absolute Gasteiger partial charge is 0.0681 e. The third-order valence-electron chi connectivity index (χ3n) is 3.02. The number of benzene rings is 1. The molecule has 0 radical (unpaired) electrons. The van der Waals surface area contributed by atoms with Gasteiger partial charge in [-0.3, -0.25) is 4.98 Å². The Balaban J connectivity index is 2.16. The maximum atomic E-state index is 9.11. The molecule has 18 heavy (non-hydrogen) atoms. The van der Waals surface area contributed by atoms with Gasteiger partial charge in [0.2, 0.25) is 0 Å². The normalized spacial score (nSPS) is 10.4. The highest BCUT2D eigenvalue weighted by Crippen LogP contribution is 2.21. The summed E-state index contributed by atoms with van der Waals surface area (Å²) in [7, 11) is 2.07. The van der Waals surface area contributed by atoms with Crippen LogP contribution in [0, 0.1) is 6.92 Å². The van der Waals surface area contributed by atoms with Crippen molar-refractivity contribution in [3.8, 4) is 0 Å². The molecule has 1 heterocycles. The molecule has 0 atom stereocenters. The van der Waals surface area contributed by atoms with Crippen LogP contribution in [0.4, 0.5) is 5.69 Å². The SMILES string of the molecule is Cc1cc(CO)ccc1N(C)Cc1ccncc1. The van der Waals surface area contributed by atoms with Gasteiger partial charge in [-0.15, -0.1) is 0 Å². The molecule has 0 aliphatic carbocycles. The Morgan fingerprint density at radius 1 is 1.11 bits per heavy atom. The number of hydrogen-bond donors (Lipinski definition) is 1. The van der Waals surface area contributed by atoms with Gasteiger partial charge in [0.15, 0.2) is 0 Å². The highest BCUT2D eigenvalue weighted by Gasteiger charge is 2.06. The van der Waals surface area contributed by atoms with E-state index in [9.17, 15) is 0 Å². The number of pyridine rings is 1. The first-order valence-corrected chi connectivity index (χ1v) is 6.01. The van der Waals surface area contributed by atoms with Gasteiger partial charge in [-0.1, -0.05) is 12.1 Å². The number of aliphatic hydroxyl groups is 1. The Bertz CT molecular complexity index is 511. The van der Waals surface area contributed by atoms with Crippen LogP contribution in [0.1, 0.15) is 16.7 Å². The molecule has 2 aromatic rings. The van der Waals surface area contributed by atoms with E-state index in [1.54, 1.807) is 0 Å². The molecule has 0 saturated heterocycles. The Morgan fingerprint density at radius 2 is 1.83 bits per heavy atom. The molecular weight excluding hydrogens is 224 g/mol. The first kappa shape index (κ1) is 12.6. The largest absolute Gasteiger partial charge is 0.392 e. The fourth-order valence-corrected chi connectivity index (χ4v) is 2.09. The molecule has 0 saturated carbocycles. The molecule has 2 rings (SSSR count). The summed E-state index contributed by atoms with van der Waals surface area (Å²) in [6.07, 6.45) is 3.62. The zero-order valence-corrected chi connectivity index (χ0v) is 10.8. The lowest BCUT2D eigenvalue weighted by Crippen LogP contribution is -2.17. The first-order valence-electron chi connectivity index (χ1n) is 6.01. The van der Waals surface area contributed by atoms with E-state index >= 15 is 0 Å². The number of anilines is 1. The lowest BCUT2D eigenvalue weighted by Gasteiger charge is -2.22. The maximum Gasteiger partial charge on any atom is 0.0681 e. The van der Waals surface area contributed by atoms with Crippen molar-refractivity contribution in [2.24, 2.45) is 0 Å². The summed E-state index contributed by atoms with van der Waals surface area (Å²) in [5.41, 5.74) is 4.55. The average molecular weight is 242 g/mol. The van der Waals surface area contributed by atoms with E-state index in [2.05, 4.69) is 29.9 Å².